The van der Waals surface area contributed by atoms with Gasteiger partial charge in [-0.05, 0) is 54.3 Å². The highest BCUT2D eigenvalue weighted by Gasteiger charge is 2.27. The van der Waals surface area contributed by atoms with E-state index in [4.69, 9.17) is 0 Å². The van der Waals surface area contributed by atoms with Crippen LogP contribution >= 0.6 is 11.3 Å². The van der Waals surface area contributed by atoms with Gasteiger partial charge in [0.1, 0.15) is 0 Å². The first-order valence-corrected chi connectivity index (χ1v) is 10.4. The monoisotopic (exact) mass is 374 g/mol. The lowest BCUT2D eigenvalue weighted by Crippen LogP contribution is -2.37. The average Bonchev–Trinajstić information content (AvgIpc) is 3.29. The third-order valence-electron chi connectivity index (χ3n) is 5.81. The van der Waals surface area contributed by atoms with Gasteiger partial charge in [0, 0.05) is 34.9 Å². The van der Waals surface area contributed by atoms with Crippen LogP contribution in [0.5, 0.6) is 0 Å². The minimum atomic E-state index is 0.198. The van der Waals surface area contributed by atoms with Gasteiger partial charge in [0.25, 0.3) is 5.91 Å². The number of benzene rings is 2. The number of piperidine rings is 1. The van der Waals surface area contributed by atoms with Crippen molar-refractivity contribution in [2.45, 2.75) is 25.7 Å². The van der Waals surface area contributed by atoms with Crippen molar-refractivity contribution in [2.24, 2.45) is 0 Å². The second-order valence-corrected chi connectivity index (χ2v) is 8.48. The fourth-order valence-electron chi connectivity index (χ4n) is 4.23. The van der Waals surface area contributed by atoms with Crippen molar-refractivity contribution < 1.29 is 4.79 Å². The molecule has 2 aromatic carbocycles. The van der Waals surface area contributed by atoms with Gasteiger partial charge in [0.2, 0.25) is 0 Å². The second kappa shape index (κ2) is 6.54. The molecule has 0 bridgehead atoms. The number of H-pyrrole nitrogens is 1. The van der Waals surface area contributed by atoms with Gasteiger partial charge in [0.15, 0.2) is 0 Å². The van der Waals surface area contributed by atoms with E-state index in [1.54, 1.807) is 11.3 Å². The molecule has 1 saturated heterocycles. The normalized spacial score (nSPS) is 15.7. The van der Waals surface area contributed by atoms with Crippen LogP contribution in [0.2, 0.25) is 0 Å². The number of para-hydroxylation sites is 1. The molecule has 0 radical (unpaired) electrons. The predicted octanol–water partition coefficient (Wildman–Crippen LogP) is 5.71. The first-order valence-electron chi connectivity index (χ1n) is 9.56. The topological polar surface area (TPSA) is 36.1 Å². The Morgan fingerprint density at radius 3 is 2.59 bits per heavy atom. The summed E-state index contributed by atoms with van der Waals surface area (Å²) < 4.78 is 1.20. The molecule has 0 atom stereocenters. The van der Waals surface area contributed by atoms with E-state index < -0.39 is 0 Å². The Morgan fingerprint density at radius 1 is 1.07 bits per heavy atom. The molecule has 1 aliphatic rings. The fraction of sp³-hybridized carbons (Fsp3) is 0.261. The molecule has 0 unspecified atom stereocenters. The summed E-state index contributed by atoms with van der Waals surface area (Å²) in [7, 11) is 0. The number of aromatic amines is 1. The minimum absolute atomic E-state index is 0.198. The number of nitrogens with one attached hydrogen (secondary N) is 1. The lowest BCUT2D eigenvalue weighted by atomic mass is 9.93. The predicted molar refractivity (Wildman–Crippen MR) is 113 cm³/mol. The molecule has 1 fully saturated rings. The molecule has 0 spiro atoms. The van der Waals surface area contributed by atoms with Gasteiger partial charge in [-0.25, -0.2) is 0 Å². The van der Waals surface area contributed by atoms with Crippen molar-refractivity contribution in [3.05, 3.63) is 70.7 Å². The molecule has 1 N–H and O–H groups in total. The lowest BCUT2D eigenvalue weighted by Gasteiger charge is -2.31. The van der Waals surface area contributed by atoms with E-state index in [2.05, 4.69) is 54.4 Å². The highest BCUT2D eigenvalue weighted by molar-refractivity contribution is 7.21. The molecule has 4 heteroatoms. The number of nitrogens with zero attached hydrogens (tertiary/aromatic N) is 1. The molecule has 3 heterocycles. The number of fused-ring (bicyclic) bond motifs is 2. The summed E-state index contributed by atoms with van der Waals surface area (Å²) in [5.41, 5.74) is 3.63. The maximum absolute atomic E-state index is 13.1. The summed E-state index contributed by atoms with van der Waals surface area (Å²) in [5, 5.41) is 2.48. The zero-order chi connectivity index (χ0) is 18.4. The van der Waals surface area contributed by atoms with Crippen LogP contribution in [0, 0.1) is 6.92 Å². The standard InChI is InChI=1S/C23H22N2OS/c1-15-18-7-3-5-9-21(18)27-22(15)23(26)25-12-10-16(11-13-25)20-14-17-6-2-4-8-19(17)24-20/h2-9,14,16,24H,10-13H2,1H3. The number of aryl methyl sites for hydroxylation is 1. The quantitative estimate of drug-likeness (QED) is 0.479. The van der Waals surface area contributed by atoms with Crippen molar-refractivity contribution in [3.8, 4) is 0 Å². The van der Waals surface area contributed by atoms with E-state index in [1.807, 2.05) is 17.0 Å². The Hall–Kier alpha value is -2.59. The van der Waals surface area contributed by atoms with Gasteiger partial charge in [-0.15, -0.1) is 11.3 Å². The van der Waals surface area contributed by atoms with E-state index in [-0.39, 0.29) is 5.91 Å². The number of carbonyl (C=O) groups is 1. The van der Waals surface area contributed by atoms with Gasteiger partial charge >= 0.3 is 0 Å². The molecule has 0 saturated carbocycles. The van der Waals surface area contributed by atoms with E-state index in [0.717, 1.165) is 36.4 Å². The SMILES string of the molecule is Cc1c(C(=O)N2CCC(c3cc4ccccc4[nH]3)CC2)sc2ccccc12. The minimum Gasteiger partial charge on any atom is -0.358 e. The average molecular weight is 375 g/mol. The third kappa shape index (κ3) is 2.85. The number of thiophene rings is 1. The fourth-order valence-corrected chi connectivity index (χ4v) is 5.41. The van der Waals surface area contributed by atoms with E-state index >= 15 is 0 Å². The molecule has 27 heavy (non-hydrogen) atoms. The summed E-state index contributed by atoms with van der Waals surface area (Å²) in [6.45, 7) is 3.72. The summed E-state index contributed by atoms with van der Waals surface area (Å²) in [6.07, 6.45) is 2.03. The highest BCUT2D eigenvalue weighted by Crippen LogP contribution is 2.34. The maximum Gasteiger partial charge on any atom is 0.264 e. The van der Waals surface area contributed by atoms with Crippen LogP contribution in [0.25, 0.3) is 21.0 Å². The number of hydrogen-bond acceptors (Lipinski definition) is 2. The van der Waals surface area contributed by atoms with Crippen molar-refractivity contribution >= 4 is 38.2 Å². The van der Waals surface area contributed by atoms with Crippen molar-refractivity contribution in [2.75, 3.05) is 13.1 Å². The summed E-state index contributed by atoms with van der Waals surface area (Å²) in [5.74, 6) is 0.703. The zero-order valence-electron chi connectivity index (χ0n) is 15.4. The first kappa shape index (κ1) is 16.6. The highest BCUT2D eigenvalue weighted by atomic mass is 32.1. The van der Waals surface area contributed by atoms with Crippen LogP contribution in [-0.2, 0) is 0 Å². The molecule has 1 amide bonds. The molecular weight excluding hydrogens is 352 g/mol. The van der Waals surface area contributed by atoms with Gasteiger partial charge in [0.05, 0.1) is 4.88 Å². The van der Waals surface area contributed by atoms with Crippen LogP contribution in [0.15, 0.2) is 54.6 Å². The number of carbonyl (C=O) groups excluding carboxylic acids is 1. The Balaban J connectivity index is 1.33. The van der Waals surface area contributed by atoms with E-state index in [1.165, 1.54) is 26.7 Å². The molecular formula is C23H22N2OS. The van der Waals surface area contributed by atoms with Gasteiger partial charge in [-0.2, -0.15) is 0 Å². The Kier molecular flexibility index (Phi) is 4.01. The van der Waals surface area contributed by atoms with Crippen LogP contribution in [-0.4, -0.2) is 28.9 Å². The van der Waals surface area contributed by atoms with Gasteiger partial charge in [-0.3, -0.25) is 4.79 Å². The third-order valence-corrected chi connectivity index (χ3v) is 7.07. The number of hydrogen-bond donors (Lipinski definition) is 1. The van der Waals surface area contributed by atoms with Crippen LogP contribution < -0.4 is 0 Å². The Morgan fingerprint density at radius 2 is 1.81 bits per heavy atom. The summed E-state index contributed by atoms with van der Waals surface area (Å²) in [4.78, 5) is 19.6. The largest absolute Gasteiger partial charge is 0.358 e. The van der Waals surface area contributed by atoms with Crippen molar-refractivity contribution in [1.82, 2.24) is 9.88 Å². The zero-order valence-corrected chi connectivity index (χ0v) is 16.2. The molecule has 1 aliphatic heterocycles. The summed E-state index contributed by atoms with van der Waals surface area (Å²) >= 11 is 1.63. The molecule has 136 valence electrons. The first-order chi connectivity index (χ1) is 13.2. The number of likely N-dealkylation sites (tertiary alicyclic amines) is 1. The van der Waals surface area contributed by atoms with Gasteiger partial charge < -0.3 is 9.88 Å². The molecule has 0 aliphatic carbocycles. The number of amides is 1. The smallest absolute Gasteiger partial charge is 0.264 e. The Labute approximate surface area is 162 Å². The lowest BCUT2D eigenvalue weighted by molar-refractivity contribution is 0.0716. The van der Waals surface area contributed by atoms with Crippen LogP contribution in [0.1, 0.15) is 39.7 Å². The molecule has 5 rings (SSSR count). The molecule has 4 aromatic rings. The Bertz CT molecular complexity index is 1100. The van der Waals surface area contributed by atoms with E-state index in [0.29, 0.717) is 5.92 Å². The molecule has 3 nitrogen and oxygen atoms in total. The van der Waals surface area contributed by atoms with E-state index in [9.17, 15) is 4.79 Å². The number of aromatic nitrogens is 1. The maximum atomic E-state index is 13.1. The van der Waals surface area contributed by atoms with Crippen LogP contribution in [0.3, 0.4) is 0 Å². The number of rotatable bonds is 2. The van der Waals surface area contributed by atoms with Crippen molar-refractivity contribution in [3.63, 3.8) is 0 Å². The van der Waals surface area contributed by atoms with Gasteiger partial charge in [-0.1, -0.05) is 36.4 Å². The van der Waals surface area contributed by atoms with Crippen LogP contribution in [0.4, 0.5) is 0 Å². The summed E-state index contributed by atoms with van der Waals surface area (Å²) in [6, 6.07) is 19.0. The molecule has 2 aromatic heterocycles. The van der Waals surface area contributed by atoms with Crippen molar-refractivity contribution in [1.29, 1.82) is 0 Å². The second-order valence-electron chi connectivity index (χ2n) is 7.43.